The molecule has 3 nitrogen and oxygen atoms in total. The van der Waals surface area contributed by atoms with Crippen LogP contribution in [0.3, 0.4) is 0 Å². The van der Waals surface area contributed by atoms with Crippen LogP contribution in [0.15, 0.2) is 12.7 Å². The number of hydrogen-bond donors (Lipinski definition) is 0. The fraction of sp³-hybridized carbons (Fsp3) is 0.625. The molecule has 0 rings (SSSR count). The summed E-state index contributed by atoms with van der Waals surface area (Å²) in [6.45, 7) is 0.128. The second-order valence-electron chi connectivity index (χ2n) is 3.15. The zero-order valence-corrected chi connectivity index (χ0v) is 9.12. The highest BCUT2D eigenvalue weighted by Crippen LogP contribution is 2.45. The number of alkyl halides is 9. The van der Waals surface area contributed by atoms with Crippen LogP contribution in [-0.4, -0.2) is 36.9 Å². The first-order valence-electron chi connectivity index (χ1n) is 4.36. The molecule has 0 aromatic heterocycles. The summed E-state index contributed by atoms with van der Waals surface area (Å²) in [6, 6.07) is 0. The van der Waals surface area contributed by atoms with E-state index in [4.69, 9.17) is 0 Å². The molecule has 0 saturated carbocycles. The van der Waals surface area contributed by atoms with Gasteiger partial charge >= 0.3 is 30.3 Å². The molecule has 12 heteroatoms. The Morgan fingerprint density at radius 2 is 1.40 bits per heavy atom. The zero-order chi connectivity index (χ0) is 16.4. The van der Waals surface area contributed by atoms with Crippen molar-refractivity contribution in [3.63, 3.8) is 0 Å². The van der Waals surface area contributed by atoms with Gasteiger partial charge in [0.25, 0.3) is 0 Å². The third kappa shape index (κ3) is 4.28. The average Bonchev–Trinajstić information content (AvgIpc) is 2.22. The Bertz CT molecular complexity index is 372. The lowest BCUT2D eigenvalue weighted by Crippen LogP contribution is -2.55. The van der Waals surface area contributed by atoms with E-state index in [-0.39, 0.29) is 6.08 Å². The molecule has 0 aromatic rings. The van der Waals surface area contributed by atoms with Gasteiger partial charge in [0, 0.05) is 6.08 Å². The highest BCUT2D eigenvalue weighted by molar-refractivity contribution is 5.81. The molecule has 20 heavy (non-hydrogen) atoms. The van der Waals surface area contributed by atoms with E-state index in [0.29, 0.717) is 0 Å². The van der Waals surface area contributed by atoms with Gasteiger partial charge in [0.05, 0.1) is 0 Å². The minimum atomic E-state index is -6.60. The number of ether oxygens (including phenoxy) is 2. The lowest BCUT2D eigenvalue weighted by molar-refractivity contribution is -0.473. The Labute approximate surface area is 104 Å². The largest absolute Gasteiger partial charge is 0.483 e. The Balaban J connectivity index is 5.27. The van der Waals surface area contributed by atoms with E-state index in [2.05, 4.69) is 16.1 Å². The lowest BCUT2D eigenvalue weighted by Gasteiger charge is -2.31. The summed E-state index contributed by atoms with van der Waals surface area (Å²) in [5.41, 5.74) is 0. The van der Waals surface area contributed by atoms with Gasteiger partial charge in [0.2, 0.25) is 0 Å². The Hall–Kier alpha value is -1.46. The van der Waals surface area contributed by atoms with Gasteiger partial charge in [-0.2, -0.15) is 39.5 Å². The number of carbonyl (C=O) groups is 1. The van der Waals surface area contributed by atoms with Crippen molar-refractivity contribution in [1.29, 1.82) is 0 Å². The van der Waals surface area contributed by atoms with Crippen molar-refractivity contribution in [2.75, 3.05) is 6.61 Å². The molecule has 0 aliphatic rings. The number of hydrogen-bond acceptors (Lipinski definition) is 3. The van der Waals surface area contributed by atoms with Crippen molar-refractivity contribution in [3.05, 3.63) is 12.7 Å². The van der Waals surface area contributed by atoms with E-state index in [0.717, 1.165) is 0 Å². The van der Waals surface area contributed by atoms with Crippen LogP contribution in [-0.2, 0) is 14.3 Å². The highest BCUT2D eigenvalue weighted by atomic mass is 19.4. The number of rotatable bonds is 5. The van der Waals surface area contributed by atoms with Crippen molar-refractivity contribution >= 4 is 5.97 Å². The Morgan fingerprint density at radius 3 is 1.70 bits per heavy atom. The quantitative estimate of drug-likeness (QED) is 0.444. The smallest absolute Gasteiger partial charge is 0.456 e. The van der Waals surface area contributed by atoms with Crippen molar-refractivity contribution in [2.45, 2.75) is 24.3 Å². The second-order valence-corrected chi connectivity index (χ2v) is 3.15. The van der Waals surface area contributed by atoms with Crippen molar-refractivity contribution < 1.29 is 53.8 Å². The standard InChI is InChI=1S/C8H5F9O3/c1-2-4(18)19-3-5(9,6(10,11)12)20-8(16,17)7(13,14)15/h2H,1,3H2. The number of halogens is 9. The van der Waals surface area contributed by atoms with Gasteiger partial charge in [-0.05, 0) is 0 Å². The highest BCUT2D eigenvalue weighted by Gasteiger charge is 2.70. The molecule has 0 aliphatic heterocycles. The SMILES string of the molecule is C=CC(=O)OCC(F)(OC(F)(F)C(F)(F)F)C(F)(F)F. The van der Waals surface area contributed by atoms with E-state index < -0.39 is 36.9 Å². The van der Waals surface area contributed by atoms with E-state index in [1.54, 1.807) is 0 Å². The molecule has 0 aromatic carbocycles. The van der Waals surface area contributed by atoms with Crippen molar-refractivity contribution in [1.82, 2.24) is 0 Å². The molecule has 1 unspecified atom stereocenters. The molecule has 0 amide bonds. The summed E-state index contributed by atoms with van der Waals surface area (Å²) in [6.07, 6.45) is -19.1. The molecule has 0 N–H and O–H groups in total. The van der Waals surface area contributed by atoms with Crippen LogP contribution in [0.25, 0.3) is 0 Å². The maximum Gasteiger partial charge on any atom is 0.483 e. The molecule has 1 atom stereocenters. The van der Waals surface area contributed by atoms with Crippen LogP contribution in [0, 0.1) is 0 Å². The van der Waals surface area contributed by atoms with Crippen LogP contribution in [0.2, 0.25) is 0 Å². The summed E-state index contributed by atoms with van der Waals surface area (Å²) in [5.74, 6) is -7.24. The first kappa shape index (κ1) is 18.5. The Morgan fingerprint density at radius 1 is 0.950 bits per heavy atom. The molecule has 0 heterocycles. The van der Waals surface area contributed by atoms with Gasteiger partial charge in [0.15, 0.2) is 6.61 Å². The van der Waals surface area contributed by atoms with Crippen LogP contribution in [0.5, 0.6) is 0 Å². The van der Waals surface area contributed by atoms with Gasteiger partial charge < -0.3 is 4.74 Å². The van der Waals surface area contributed by atoms with Gasteiger partial charge in [-0.15, -0.1) is 0 Å². The van der Waals surface area contributed by atoms with Gasteiger partial charge in [-0.1, -0.05) is 6.58 Å². The second kappa shape index (κ2) is 5.50. The van der Waals surface area contributed by atoms with Gasteiger partial charge in [-0.25, -0.2) is 4.79 Å². The predicted octanol–water partition coefficient (Wildman–Crippen LogP) is 3.12. The molecule has 0 fully saturated rings. The van der Waals surface area contributed by atoms with Gasteiger partial charge in [-0.3, -0.25) is 4.74 Å². The number of esters is 1. The summed E-state index contributed by atoms with van der Waals surface area (Å²) < 4.78 is 115. The van der Waals surface area contributed by atoms with Crippen molar-refractivity contribution in [3.8, 4) is 0 Å². The molecule has 0 bridgehead atoms. The molecule has 0 spiro atoms. The minimum Gasteiger partial charge on any atom is -0.456 e. The molecule has 0 saturated heterocycles. The summed E-state index contributed by atoms with van der Waals surface area (Å²) >= 11 is 0. The van der Waals surface area contributed by atoms with E-state index in [9.17, 15) is 44.3 Å². The molecule has 0 aliphatic carbocycles. The van der Waals surface area contributed by atoms with Crippen LogP contribution >= 0.6 is 0 Å². The molecular formula is C8H5F9O3. The van der Waals surface area contributed by atoms with Crippen molar-refractivity contribution in [2.24, 2.45) is 0 Å². The van der Waals surface area contributed by atoms with Crippen LogP contribution in [0.4, 0.5) is 39.5 Å². The third-order valence-corrected chi connectivity index (χ3v) is 1.61. The van der Waals surface area contributed by atoms with Crippen LogP contribution in [0.1, 0.15) is 0 Å². The molecule has 118 valence electrons. The lowest BCUT2D eigenvalue weighted by atomic mass is 10.3. The third-order valence-electron chi connectivity index (χ3n) is 1.61. The monoisotopic (exact) mass is 320 g/mol. The zero-order valence-electron chi connectivity index (χ0n) is 9.12. The normalized spacial score (nSPS) is 16.4. The van der Waals surface area contributed by atoms with Gasteiger partial charge in [0.1, 0.15) is 0 Å². The average molecular weight is 320 g/mol. The number of carbonyl (C=O) groups excluding carboxylic acids is 1. The summed E-state index contributed by atoms with van der Waals surface area (Å²) in [7, 11) is 0. The molecular weight excluding hydrogens is 315 g/mol. The fourth-order valence-corrected chi connectivity index (χ4v) is 0.653. The first-order chi connectivity index (χ1) is 8.66. The summed E-state index contributed by atoms with van der Waals surface area (Å²) in [5, 5.41) is 0. The fourth-order valence-electron chi connectivity index (χ4n) is 0.653. The summed E-state index contributed by atoms with van der Waals surface area (Å²) in [4.78, 5) is 10.4. The van der Waals surface area contributed by atoms with E-state index >= 15 is 0 Å². The predicted molar refractivity (Wildman–Crippen MR) is 43.1 cm³/mol. The first-order valence-corrected chi connectivity index (χ1v) is 4.36. The maximum absolute atomic E-state index is 13.2. The van der Waals surface area contributed by atoms with E-state index in [1.807, 2.05) is 0 Å². The topological polar surface area (TPSA) is 35.5 Å². The Kier molecular flexibility index (Phi) is 5.10. The van der Waals surface area contributed by atoms with E-state index in [1.165, 1.54) is 0 Å². The molecule has 0 radical (unpaired) electrons. The maximum atomic E-state index is 13.2. The van der Waals surface area contributed by atoms with Crippen LogP contribution < -0.4 is 0 Å². The minimum absolute atomic E-state index is 0.235.